The summed E-state index contributed by atoms with van der Waals surface area (Å²) in [4.78, 5) is 17.8. The second kappa shape index (κ2) is 8.74. The fourth-order valence-electron chi connectivity index (χ4n) is 3.23. The van der Waals surface area contributed by atoms with Gasteiger partial charge in [-0.25, -0.2) is 9.37 Å². The summed E-state index contributed by atoms with van der Waals surface area (Å²) >= 11 is 0. The standard InChI is InChI=1S/C21H14F4N8O/c1-12-2-3-15(22)6-14(12)11-32-18(21(23,24)25)17(10-30-32)20(34)31-16-7-13(8-26)19(27-9-16)33-28-4-5-29-33/h2-7,9-10H,11H2,1H3,(H,31,34). The minimum atomic E-state index is -4.92. The van der Waals surface area contributed by atoms with Gasteiger partial charge in [0.1, 0.15) is 17.4 Å². The van der Waals surface area contributed by atoms with Crippen LogP contribution in [0.3, 0.4) is 0 Å². The smallest absolute Gasteiger partial charge is 0.320 e. The largest absolute Gasteiger partial charge is 0.433 e. The molecule has 0 aliphatic carbocycles. The van der Waals surface area contributed by atoms with E-state index in [2.05, 4.69) is 25.6 Å². The molecule has 9 nitrogen and oxygen atoms in total. The summed E-state index contributed by atoms with van der Waals surface area (Å²) in [5.74, 6) is -1.63. The van der Waals surface area contributed by atoms with E-state index < -0.39 is 35.7 Å². The van der Waals surface area contributed by atoms with Gasteiger partial charge in [0.15, 0.2) is 11.5 Å². The van der Waals surface area contributed by atoms with Crippen molar-refractivity contribution in [2.75, 3.05) is 5.32 Å². The fourth-order valence-corrected chi connectivity index (χ4v) is 3.23. The van der Waals surface area contributed by atoms with Crippen molar-refractivity contribution in [2.24, 2.45) is 0 Å². The average molecular weight is 470 g/mol. The third-order valence-corrected chi connectivity index (χ3v) is 4.84. The summed E-state index contributed by atoms with van der Waals surface area (Å²) in [7, 11) is 0. The Morgan fingerprint density at radius 1 is 1.15 bits per heavy atom. The number of hydrogen-bond donors (Lipinski definition) is 1. The lowest BCUT2D eigenvalue weighted by Gasteiger charge is -2.14. The Labute approximate surface area is 189 Å². The Bertz CT molecular complexity index is 1400. The first kappa shape index (κ1) is 22.6. The van der Waals surface area contributed by atoms with E-state index in [0.717, 1.165) is 23.3 Å². The third-order valence-electron chi connectivity index (χ3n) is 4.84. The highest BCUT2D eigenvalue weighted by atomic mass is 19.4. The summed E-state index contributed by atoms with van der Waals surface area (Å²) < 4.78 is 55.8. The van der Waals surface area contributed by atoms with E-state index in [0.29, 0.717) is 10.2 Å². The van der Waals surface area contributed by atoms with Crippen LogP contribution < -0.4 is 5.32 Å². The molecule has 1 aromatic carbocycles. The predicted octanol–water partition coefficient (Wildman–Crippen LogP) is 3.50. The molecule has 1 N–H and O–H groups in total. The molecule has 0 unspecified atom stereocenters. The molecule has 1 amide bonds. The van der Waals surface area contributed by atoms with E-state index in [9.17, 15) is 27.6 Å². The minimum absolute atomic E-state index is 0.0117. The highest BCUT2D eigenvalue weighted by Crippen LogP contribution is 2.33. The zero-order chi connectivity index (χ0) is 24.5. The third kappa shape index (κ3) is 4.46. The van der Waals surface area contributed by atoms with Crippen molar-refractivity contribution in [3.8, 4) is 11.9 Å². The molecule has 0 spiro atoms. The molecule has 0 aliphatic rings. The number of aryl methyl sites for hydroxylation is 1. The number of benzene rings is 1. The maximum absolute atomic E-state index is 13.9. The molecule has 0 aliphatic heterocycles. The minimum Gasteiger partial charge on any atom is -0.320 e. The van der Waals surface area contributed by atoms with Crippen LogP contribution >= 0.6 is 0 Å². The molecule has 0 atom stereocenters. The lowest BCUT2D eigenvalue weighted by molar-refractivity contribution is -0.144. The fraction of sp³-hybridized carbons (Fsp3) is 0.143. The van der Waals surface area contributed by atoms with Crippen molar-refractivity contribution < 1.29 is 22.4 Å². The maximum atomic E-state index is 13.9. The summed E-state index contributed by atoms with van der Waals surface area (Å²) in [6, 6.07) is 6.86. The van der Waals surface area contributed by atoms with Crippen LogP contribution in [0.5, 0.6) is 0 Å². The van der Waals surface area contributed by atoms with Crippen LogP contribution in [0.2, 0.25) is 0 Å². The molecule has 4 aromatic rings. The molecule has 0 radical (unpaired) electrons. The summed E-state index contributed by atoms with van der Waals surface area (Å²) in [5.41, 5.74) is -1.21. The van der Waals surface area contributed by atoms with E-state index in [1.165, 1.54) is 30.6 Å². The second-order valence-corrected chi connectivity index (χ2v) is 7.11. The highest BCUT2D eigenvalue weighted by Gasteiger charge is 2.40. The van der Waals surface area contributed by atoms with Crippen LogP contribution in [0, 0.1) is 24.1 Å². The average Bonchev–Trinajstić information content (AvgIpc) is 3.46. The molecule has 13 heteroatoms. The van der Waals surface area contributed by atoms with Crippen molar-refractivity contribution in [1.82, 2.24) is 29.8 Å². The van der Waals surface area contributed by atoms with Gasteiger partial charge in [-0.15, -0.1) is 4.80 Å². The Kier molecular flexibility index (Phi) is 5.80. The van der Waals surface area contributed by atoms with Crippen molar-refractivity contribution in [1.29, 1.82) is 5.26 Å². The van der Waals surface area contributed by atoms with Gasteiger partial charge in [0.2, 0.25) is 0 Å². The van der Waals surface area contributed by atoms with E-state index in [4.69, 9.17) is 0 Å². The number of anilines is 1. The summed E-state index contributed by atoms with van der Waals surface area (Å²) in [5, 5.41) is 23.1. The van der Waals surface area contributed by atoms with Crippen LogP contribution in [0.4, 0.5) is 23.2 Å². The zero-order valence-electron chi connectivity index (χ0n) is 17.4. The van der Waals surface area contributed by atoms with Crippen molar-refractivity contribution >= 4 is 11.6 Å². The van der Waals surface area contributed by atoms with Gasteiger partial charge in [-0.2, -0.15) is 33.7 Å². The van der Waals surface area contributed by atoms with Gasteiger partial charge in [0, 0.05) is 0 Å². The number of carbonyl (C=O) groups is 1. The monoisotopic (exact) mass is 470 g/mol. The molecule has 3 heterocycles. The molecular formula is C21H14F4N8O. The first-order chi connectivity index (χ1) is 16.2. The topological polar surface area (TPSA) is 114 Å². The number of nitrogens with one attached hydrogen (secondary N) is 1. The molecule has 34 heavy (non-hydrogen) atoms. The van der Waals surface area contributed by atoms with Crippen LogP contribution in [0.15, 0.2) is 49.1 Å². The van der Waals surface area contributed by atoms with Crippen LogP contribution in [0.25, 0.3) is 5.82 Å². The van der Waals surface area contributed by atoms with Gasteiger partial charge < -0.3 is 5.32 Å². The Hall–Kier alpha value is -4.60. The van der Waals surface area contributed by atoms with Gasteiger partial charge in [0.05, 0.1) is 42.6 Å². The number of hydrogen-bond acceptors (Lipinski definition) is 6. The quantitative estimate of drug-likeness (QED) is 0.447. The number of nitrogens with zero attached hydrogens (tertiary/aromatic N) is 7. The van der Waals surface area contributed by atoms with Crippen molar-refractivity contribution in [2.45, 2.75) is 19.6 Å². The van der Waals surface area contributed by atoms with E-state index in [1.54, 1.807) is 6.92 Å². The number of rotatable bonds is 5. The normalized spacial score (nSPS) is 11.3. The van der Waals surface area contributed by atoms with E-state index >= 15 is 0 Å². The Balaban J connectivity index is 1.65. The van der Waals surface area contributed by atoms with Crippen LogP contribution in [0.1, 0.15) is 32.7 Å². The summed E-state index contributed by atoms with van der Waals surface area (Å²) in [6.45, 7) is 1.23. The van der Waals surface area contributed by atoms with Crippen molar-refractivity contribution in [3.05, 3.63) is 82.8 Å². The van der Waals surface area contributed by atoms with Crippen molar-refractivity contribution in [3.63, 3.8) is 0 Å². The lowest BCUT2D eigenvalue weighted by Crippen LogP contribution is -2.22. The van der Waals surface area contributed by atoms with E-state index in [-0.39, 0.29) is 22.6 Å². The number of nitriles is 1. The van der Waals surface area contributed by atoms with Gasteiger partial charge >= 0.3 is 6.18 Å². The van der Waals surface area contributed by atoms with Gasteiger partial charge in [0.25, 0.3) is 5.91 Å². The highest BCUT2D eigenvalue weighted by molar-refractivity contribution is 6.05. The van der Waals surface area contributed by atoms with E-state index in [1.807, 2.05) is 6.07 Å². The Morgan fingerprint density at radius 3 is 2.56 bits per heavy atom. The number of amides is 1. The number of carbonyl (C=O) groups excluding carboxylic acids is 1. The first-order valence-electron chi connectivity index (χ1n) is 9.63. The van der Waals surface area contributed by atoms with Gasteiger partial charge in [-0.05, 0) is 36.2 Å². The predicted molar refractivity (Wildman–Crippen MR) is 109 cm³/mol. The molecule has 0 bridgehead atoms. The number of aromatic nitrogens is 6. The van der Waals surface area contributed by atoms with Crippen LogP contribution in [-0.4, -0.2) is 35.7 Å². The molecule has 4 rings (SSSR count). The lowest BCUT2D eigenvalue weighted by atomic mass is 10.1. The first-order valence-corrected chi connectivity index (χ1v) is 9.63. The molecule has 0 saturated carbocycles. The maximum Gasteiger partial charge on any atom is 0.433 e. The van der Waals surface area contributed by atoms with Gasteiger partial charge in [-0.3, -0.25) is 9.48 Å². The zero-order valence-corrected chi connectivity index (χ0v) is 17.4. The molecule has 3 aromatic heterocycles. The van der Waals surface area contributed by atoms with Gasteiger partial charge in [-0.1, -0.05) is 6.07 Å². The molecule has 172 valence electrons. The van der Waals surface area contributed by atoms with Crippen LogP contribution in [-0.2, 0) is 12.7 Å². The Morgan fingerprint density at radius 2 is 1.88 bits per heavy atom. The number of halogens is 4. The molecule has 0 saturated heterocycles. The second-order valence-electron chi connectivity index (χ2n) is 7.11. The molecular weight excluding hydrogens is 456 g/mol. The summed E-state index contributed by atoms with van der Waals surface area (Å²) in [6.07, 6.45) is -0.227. The number of alkyl halides is 3. The SMILES string of the molecule is Cc1ccc(F)cc1Cn1ncc(C(=O)Nc2cnc(-n3nccn3)c(C#N)c2)c1C(F)(F)F. The molecule has 0 fully saturated rings. The number of pyridine rings is 1.